The number of nitrogens with zero attached hydrogens (tertiary/aromatic N) is 1. The summed E-state index contributed by atoms with van der Waals surface area (Å²) in [5.41, 5.74) is 2.77. The van der Waals surface area contributed by atoms with E-state index in [-0.39, 0.29) is 17.1 Å². The van der Waals surface area contributed by atoms with Crippen molar-refractivity contribution in [2.24, 2.45) is 5.41 Å². The SMILES string of the molecule is C#C[C@H]1C2=C(c3ccc(OC(=O)C(C)(C)C)cc3N1C(=O)Oc1ccccc1)[C@@H](O[Si](C)(C)C(C)(C)C)CCC2. The molecule has 0 bridgehead atoms. The largest absolute Gasteiger partial charge is 0.426 e. The monoisotopic (exact) mass is 559 g/mol. The Kier molecular flexibility index (Phi) is 8.08. The van der Waals surface area contributed by atoms with E-state index >= 15 is 0 Å². The number of hydrogen-bond donors (Lipinski definition) is 0. The summed E-state index contributed by atoms with van der Waals surface area (Å²) < 4.78 is 18.5. The zero-order chi connectivity index (χ0) is 29.5. The number of amides is 1. The molecular formula is C33H41NO5Si. The highest BCUT2D eigenvalue weighted by Crippen LogP contribution is 2.49. The van der Waals surface area contributed by atoms with Gasteiger partial charge in [-0.05, 0) is 93.6 Å². The van der Waals surface area contributed by atoms with E-state index in [0.29, 0.717) is 17.2 Å². The van der Waals surface area contributed by atoms with Gasteiger partial charge in [-0.15, -0.1) is 6.42 Å². The van der Waals surface area contributed by atoms with E-state index in [0.717, 1.165) is 36.0 Å². The molecule has 0 saturated carbocycles. The molecule has 1 amide bonds. The number of carbonyl (C=O) groups is 2. The van der Waals surface area contributed by atoms with Crippen LogP contribution in [0.15, 0.2) is 54.1 Å². The number of carbonyl (C=O) groups excluding carboxylic acids is 2. The Morgan fingerprint density at radius 1 is 0.975 bits per heavy atom. The van der Waals surface area contributed by atoms with Gasteiger partial charge < -0.3 is 13.9 Å². The van der Waals surface area contributed by atoms with Crippen LogP contribution >= 0.6 is 0 Å². The summed E-state index contributed by atoms with van der Waals surface area (Å²) in [5, 5.41) is 0.0325. The quantitative estimate of drug-likeness (QED) is 0.164. The van der Waals surface area contributed by atoms with Gasteiger partial charge in [-0.25, -0.2) is 4.79 Å². The smallest absolute Gasteiger partial charge is 0.421 e. The van der Waals surface area contributed by atoms with Crippen molar-refractivity contribution < 1.29 is 23.5 Å². The molecule has 0 radical (unpaired) electrons. The summed E-state index contributed by atoms with van der Waals surface area (Å²) in [5.74, 6) is 3.27. The third kappa shape index (κ3) is 5.89. The standard InChI is InChI=1S/C33H41NO5Si/c1-10-26-24-17-14-18-28(39-40(8,9)33(5,6)7)29(24)25-20-19-23(37-30(35)32(2,3)4)21-27(25)34(26)31(36)38-22-15-12-11-13-16-22/h1,11-13,15-16,19-21,26,28H,14,17-18H2,2-9H3/t26-,28-/m0/s1. The highest BCUT2D eigenvalue weighted by atomic mass is 28.4. The molecule has 4 rings (SSSR count). The Morgan fingerprint density at radius 2 is 1.65 bits per heavy atom. The van der Waals surface area contributed by atoms with E-state index in [2.05, 4.69) is 39.8 Å². The molecule has 2 aromatic rings. The van der Waals surface area contributed by atoms with Crippen molar-refractivity contribution in [3.8, 4) is 23.8 Å². The van der Waals surface area contributed by atoms with Gasteiger partial charge in [0.25, 0.3) is 0 Å². The highest BCUT2D eigenvalue weighted by Gasteiger charge is 2.45. The molecule has 212 valence electrons. The van der Waals surface area contributed by atoms with Crippen LogP contribution in [0.25, 0.3) is 5.57 Å². The molecule has 0 fully saturated rings. The van der Waals surface area contributed by atoms with Crippen molar-refractivity contribution in [3.63, 3.8) is 0 Å². The maximum Gasteiger partial charge on any atom is 0.421 e. The molecule has 2 aromatic carbocycles. The summed E-state index contributed by atoms with van der Waals surface area (Å²) >= 11 is 0. The predicted molar refractivity (Wildman–Crippen MR) is 162 cm³/mol. The van der Waals surface area contributed by atoms with E-state index in [9.17, 15) is 9.59 Å². The van der Waals surface area contributed by atoms with Crippen molar-refractivity contribution >= 4 is 31.6 Å². The third-order valence-corrected chi connectivity index (χ3v) is 12.5. The molecule has 0 unspecified atom stereocenters. The number of esters is 1. The maximum atomic E-state index is 13.8. The Morgan fingerprint density at radius 3 is 2.25 bits per heavy atom. The van der Waals surface area contributed by atoms with Crippen LogP contribution in [0.2, 0.25) is 18.1 Å². The minimum atomic E-state index is -2.13. The molecule has 2 aliphatic rings. The van der Waals surface area contributed by atoms with Crippen LogP contribution in [0.3, 0.4) is 0 Å². The molecule has 0 N–H and O–H groups in total. The predicted octanol–water partition coefficient (Wildman–Crippen LogP) is 7.99. The number of anilines is 1. The van der Waals surface area contributed by atoms with E-state index in [1.807, 2.05) is 12.1 Å². The van der Waals surface area contributed by atoms with Gasteiger partial charge >= 0.3 is 12.1 Å². The first-order chi connectivity index (χ1) is 18.6. The minimum Gasteiger partial charge on any atom is -0.426 e. The third-order valence-electron chi connectivity index (χ3n) is 8.06. The fourth-order valence-corrected chi connectivity index (χ4v) is 6.12. The molecular weight excluding hydrogens is 518 g/mol. The average molecular weight is 560 g/mol. The first-order valence-electron chi connectivity index (χ1n) is 13.9. The van der Waals surface area contributed by atoms with Crippen LogP contribution < -0.4 is 14.4 Å². The maximum absolute atomic E-state index is 13.8. The van der Waals surface area contributed by atoms with E-state index < -0.39 is 25.9 Å². The van der Waals surface area contributed by atoms with Gasteiger partial charge in [-0.1, -0.05) is 44.9 Å². The van der Waals surface area contributed by atoms with Gasteiger partial charge in [-0.2, -0.15) is 0 Å². The van der Waals surface area contributed by atoms with Gasteiger partial charge in [0, 0.05) is 11.6 Å². The van der Waals surface area contributed by atoms with Crippen LogP contribution in [0, 0.1) is 17.8 Å². The zero-order valence-electron chi connectivity index (χ0n) is 25.0. The molecule has 0 aromatic heterocycles. The molecule has 0 spiro atoms. The van der Waals surface area contributed by atoms with E-state index in [1.165, 1.54) is 4.90 Å². The van der Waals surface area contributed by atoms with Crippen molar-refractivity contribution in [3.05, 3.63) is 59.7 Å². The molecule has 40 heavy (non-hydrogen) atoms. The molecule has 6 nitrogen and oxygen atoms in total. The average Bonchev–Trinajstić information content (AvgIpc) is 2.86. The summed E-state index contributed by atoms with van der Waals surface area (Å²) in [6.45, 7) is 16.6. The molecule has 1 aliphatic heterocycles. The van der Waals surface area contributed by atoms with Crippen LogP contribution in [-0.2, 0) is 9.22 Å². The summed E-state index contributed by atoms with van der Waals surface area (Å²) in [6, 6.07) is 13.7. The second kappa shape index (κ2) is 10.9. The fraction of sp³-hybridized carbons (Fsp3) is 0.455. The number of para-hydroxylation sites is 1. The lowest BCUT2D eigenvalue weighted by molar-refractivity contribution is -0.142. The van der Waals surface area contributed by atoms with E-state index in [1.54, 1.807) is 57.2 Å². The summed E-state index contributed by atoms with van der Waals surface area (Å²) in [7, 11) is -2.13. The lowest BCUT2D eigenvalue weighted by Crippen LogP contribution is -2.49. The minimum absolute atomic E-state index is 0.0325. The Labute approximate surface area is 239 Å². The Hall–Kier alpha value is -3.34. The summed E-state index contributed by atoms with van der Waals surface area (Å²) in [4.78, 5) is 28.0. The molecule has 1 heterocycles. The van der Waals surface area contributed by atoms with Gasteiger partial charge in [0.1, 0.15) is 17.5 Å². The molecule has 2 atom stereocenters. The van der Waals surface area contributed by atoms with Gasteiger partial charge in [0.2, 0.25) is 0 Å². The first-order valence-corrected chi connectivity index (χ1v) is 16.8. The van der Waals surface area contributed by atoms with Crippen LogP contribution in [-0.4, -0.2) is 32.5 Å². The number of hydrogen-bond acceptors (Lipinski definition) is 5. The topological polar surface area (TPSA) is 65.1 Å². The highest BCUT2D eigenvalue weighted by molar-refractivity contribution is 6.74. The normalized spacial score (nSPS) is 19.3. The van der Waals surface area contributed by atoms with Gasteiger partial charge in [-0.3, -0.25) is 9.69 Å². The molecule has 7 heteroatoms. The second-order valence-electron chi connectivity index (χ2n) is 13.1. The van der Waals surface area contributed by atoms with E-state index in [4.69, 9.17) is 20.3 Å². The number of terminal acetylenes is 1. The zero-order valence-corrected chi connectivity index (χ0v) is 26.0. The van der Waals surface area contributed by atoms with Crippen LogP contribution in [0.4, 0.5) is 10.5 Å². The number of benzene rings is 2. The van der Waals surface area contributed by atoms with Crippen molar-refractivity contribution in [1.29, 1.82) is 0 Å². The Bertz CT molecular complexity index is 1360. The Balaban J connectivity index is 1.85. The van der Waals surface area contributed by atoms with Crippen LogP contribution in [0.5, 0.6) is 11.5 Å². The number of rotatable bonds is 4. The summed E-state index contributed by atoms with van der Waals surface area (Å²) in [6.07, 6.45) is 7.97. The molecule has 0 saturated heterocycles. The van der Waals surface area contributed by atoms with Crippen molar-refractivity contribution in [1.82, 2.24) is 0 Å². The second-order valence-corrected chi connectivity index (χ2v) is 17.9. The van der Waals surface area contributed by atoms with Crippen LogP contribution in [0.1, 0.15) is 66.4 Å². The molecule has 1 aliphatic carbocycles. The fourth-order valence-electron chi connectivity index (χ4n) is 4.82. The van der Waals surface area contributed by atoms with Gasteiger partial charge in [0.05, 0.1) is 17.2 Å². The van der Waals surface area contributed by atoms with Crippen molar-refractivity contribution in [2.75, 3.05) is 4.90 Å². The van der Waals surface area contributed by atoms with Gasteiger partial charge in [0.15, 0.2) is 8.32 Å². The first kappa shape index (κ1) is 29.6. The lowest BCUT2D eigenvalue weighted by atomic mass is 9.78. The number of ether oxygens (including phenoxy) is 2. The number of fused-ring (bicyclic) bond motifs is 2. The van der Waals surface area contributed by atoms with Crippen molar-refractivity contribution in [2.45, 2.75) is 91.1 Å². The lowest BCUT2D eigenvalue weighted by Gasteiger charge is -2.45.